The fourth-order valence-corrected chi connectivity index (χ4v) is 4.47. The molecule has 0 unspecified atom stereocenters. The van der Waals surface area contributed by atoms with Crippen molar-refractivity contribution >= 4 is 40.3 Å². The maximum atomic E-state index is 12.1. The number of halogens is 1. The lowest BCUT2D eigenvalue weighted by Crippen LogP contribution is -2.25. The molecule has 0 aromatic heterocycles. The van der Waals surface area contributed by atoms with Gasteiger partial charge in [0.2, 0.25) is 11.8 Å². The Morgan fingerprint density at radius 2 is 1.81 bits per heavy atom. The summed E-state index contributed by atoms with van der Waals surface area (Å²) < 4.78 is 11.9. The highest BCUT2D eigenvalue weighted by Crippen LogP contribution is 2.43. The number of nitrogens with one attached hydrogen (secondary N) is 1. The zero-order valence-electron chi connectivity index (χ0n) is 17.8. The Morgan fingerprint density at radius 3 is 2.45 bits per heavy atom. The van der Waals surface area contributed by atoms with Crippen LogP contribution in [-0.4, -0.2) is 35.2 Å². The van der Waals surface area contributed by atoms with Gasteiger partial charge in [0, 0.05) is 24.4 Å². The first-order valence-corrected chi connectivity index (χ1v) is 11.0. The Labute approximate surface area is 190 Å². The van der Waals surface area contributed by atoms with Crippen molar-refractivity contribution in [3.63, 3.8) is 0 Å². The predicted octanol–water partition coefficient (Wildman–Crippen LogP) is 4.42. The fourth-order valence-electron chi connectivity index (χ4n) is 3.13. The number of hydrogen-bond donors (Lipinski definition) is 1. The highest BCUT2D eigenvalue weighted by Gasteiger charge is 2.34. The summed E-state index contributed by atoms with van der Waals surface area (Å²) in [4.78, 5) is 23.5. The summed E-state index contributed by atoms with van der Waals surface area (Å²) in [5, 5.41) is 8.50. The molecule has 164 valence electrons. The molecule has 0 spiro atoms. The predicted molar refractivity (Wildman–Crippen MR) is 122 cm³/mol. The SMILES string of the molecule is CC(=O)NC1=NN(C(C)=O)[C@H](c2cc(Cl)ccc2OCCOc2c(C)cccc2C)S1. The van der Waals surface area contributed by atoms with E-state index in [4.69, 9.17) is 21.1 Å². The number of thioether (sulfide) groups is 1. The van der Waals surface area contributed by atoms with Crippen molar-refractivity contribution in [1.29, 1.82) is 0 Å². The second-order valence-corrected chi connectivity index (χ2v) is 8.53. The van der Waals surface area contributed by atoms with E-state index in [0.29, 0.717) is 34.7 Å². The topological polar surface area (TPSA) is 80.2 Å². The van der Waals surface area contributed by atoms with Crippen LogP contribution < -0.4 is 14.8 Å². The lowest BCUT2D eigenvalue weighted by atomic mass is 10.1. The van der Waals surface area contributed by atoms with E-state index >= 15 is 0 Å². The molecule has 0 radical (unpaired) electrons. The third kappa shape index (κ3) is 5.71. The molecule has 2 aromatic carbocycles. The molecule has 2 amide bonds. The van der Waals surface area contributed by atoms with Crippen LogP contribution in [0.3, 0.4) is 0 Å². The molecular weight excluding hydrogens is 438 g/mol. The molecule has 1 aliphatic rings. The van der Waals surface area contributed by atoms with Crippen molar-refractivity contribution in [2.45, 2.75) is 33.1 Å². The number of rotatable bonds is 6. The van der Waals surface area contributed by atoms with Gasteiger partial charge >= 0.3 is 0 Å². The number of hydrazone groups is 1. The van der Waals surface area contributed by atoms with Gasteiger partial charge in [-0.05, 0) is 43.2 Å². The minimum atomic E-state index is -0.507. The maximum absolute atomic E-state index is 12.1. The molecule has 3 rings (SSSR count). The number of nitrogens with zero attached hydrogens (tertiary/aromatic N) is 2. The maximum Gasteiger partial charge on any atom is 0.241 e. The van der Waals surface area contributed by atoms with Gasteiger partial charge in [0.05, 0.1) is 0 Å². The van der Waals surface area contributed by atoms with Crippen LogP contribution in [0, 0.1) is 13.8 Å². The van der Waals surface area contributed by atoms with Crippen LogP contribution >= 0.6 is 23.4 Å². The van der Waals surface area contributed by atoms with Crippen LogP contribution in [-0.2, 0) is 9.59 Å². The third-order valence-corrected chi connectivity index (χ3v) is 5.80. The first kappa shape index (κ1) is 23.0. The van der Waals surface area contributed by atoms with E-state index in [1.165, 1.54) is 30.6 Å². The van der Waals surface area contributed by atoms with Crippen LogP contribution in [0.2, 0.25) is 5.02 Å². The lowest BCUT2D eigenvalue weighted by Gasteiger charge is -2.22. The van der Waals surface area contributed by atoms with Gasteiger partial charge in [0.25, 0.3) is 0 Å². The molecule has 0 saturated heterocycles. The minimum absolute atomic E-state index is 0.262. The molecule has 1 aliphatic heterocycles. The Balaban J connectivity index is 1.73. The number of carbonyl (C=O) groups excluding carboxylic acids is 2. The Bertz CT molecular complexity index is 1010. The van der Waals surface area contributed by atoms with Crippen LogP contribution in [0.25, 0.3) is 0 Å². The number of ether oxygens (including phenoxy) is 2. The van der Waals surface area contributed by atoms with Gasteiger partial charge in [-0.1, -0.05) is 41.6 Å². The van der Waals surface area contributed by atoms with E-state index in [0.717, 1.165) is 16.9 Å². The first-order valence-electron chi connectivity index (χ1n) is 9.70. The molecule has 31 heavy (non-hydrogen) atoms. The van der Waals surface area contributed by atoms with Crippen LogP contribution in [0.15, 0.2) is 41.5 Å². The van der Waals surface area contributed by atoms with Gasteiger partial charge in [-0.15, -0.1) is 5.10 Å². The van der Waals surface area contributed by atoms with Crippen molar-refractivity contribution in [2.24, 2.45) is 5.10 Å². The smallest absolute Gasteiger partial charge is 0.241 e. The fraction of sp³-hybridized carbons (Fsp3) is 0.318. The molecule has 0 saturated carbocycles. The number of para-hydroxylation sites is 1. The molecule has 1 heterocycles. The second kappa shape index (κ2) is 10.1. The quantitative estimate of drug-likeness (QED) is 0.644. The third-order valence-electron chi connectivity index (χ3n) is 4.48. The Hall–Kier alpha value is -2.71. The van der Waals surface area contributed by atoms with Crippen molar-refractivity contribution in [1.82, 2.24) is 10.3 Å². The van der Waals surface area contributed by atoms with E-state index in [9.17, 15) is 9.59 Å². The van der Waals surface area contributed by atoms with Crippen molar-refractivity contribution in [3.8, 4) is 11.5 Å². The van der Waals surface area contributed by atoms with E-state index in [1.54, 1.807) is 18.2 Å². The van der Waals surface area contributed by atoms with E-state index in [-0.39, 0.29) is 11.8 Å². The molecule has 9 heteroatoms. The van der Waals surface area contributed by atoms with Crippen molar-refractivity contribution in [2.75, 3.05) is 13.2 Å². The molecule has 2 aromatic rings. The summed E-state index contributed by atoms with van der Waals surface area (Å²) in [6.45, 7) is 7.46. The Kier molecular flexibility index (Phi) is 7.46. The number of aryl methyl sites for hydroxylation is 2. The number of amidine groups is 1. The van der Waals surface area contributed by atoms with Crippen molar-refractivity contribution in [3.05, 3.63) is 58.1 Å². The summed E-state index contributed by atoms with van der Waals surface area (Å²) in [6, 6.07) is 11.2. The average Bonchev–Trinajstić information content (AvgIpc) is 3.11. The van der Waals surface area contributed by atoms with Gasteiger partial charge in [0.1, 0.15) is 30.1 Å². The number of carbonyl (C=O) groups is 2. The largest absolute Gasteiger partial charge is 0.490 e. The number of hydrogen-bond acceptors (Lipinski definition) is 6. The highest BCUT2D eigenvalue weighted by atomic mass is 35.5. The summed E-state index contributed by atoms with van der Waals surface area (Å²) in [5.41, 5.74) is 2.81. The molecule has 1 atom stereocenters. The van der Waals surface area contributed by atoms with Crippen LogP contribution in [0.4, 0.5) is 0 Å². The second-order valence-electron chi connectivity index (χ2n) is 7.02. The molecule has 0 bridgehead atoms. The number of amides is 2. The van der Waals surface area contributed by atoms with Crippen molar-refractivity contribution < 1.29 is 19.1 Å². The normalized spacial score (nSPS) is 15.5. The zero-order valence-corrected chi connectivity index (χ0v) is 19.3. The summed E-state index contributed by atoms with van der Waals surface area (Å²) in [7, 11) is 0. The molecule has 0 aliphatic carbocycles. The summed E-state index contributed by atoms with van der Waals surface area (Å²) in [6.07, 6.45) is 0. The van der Waals surface area contributed by atoms with Gasteiger partial charge < -0.3 is 14.8 Å². The summed E-state index contributed by atoms with van der Waals surface area (Å²) in [5.74, 6) is 0.895. The molecule has 1 N–H and O–H groups in total. The highest BCUT2D eigenvalue weighted by molar-refractivity contribution is 8.14. The van der Waals surface area contributed by atoms with E-state index in [1.807, 2.05) is 32.0 Å². The lowest BCUT2D eigenvalue weighted by molar-refractivity contribution is -0.129. The molecular formula is C22H24ClN3O4S. The first-order chi connectivity index (χ1) is 14.8. The summed E-state index contributed by atoms with van der Waals surface area (Å²) >= 11 is 7.46. The average molecular weight is 462 g/mol. The Morgan fingerprint density at radius 1 is 1.13 bits per heavy atom. The van der Waals surface area contributed by atoms with Gasteiger partial charge in [-0.3, -0.25) is 9.59 Å². The minimum Gasteiger partial charge on any atom is -0.490 e. The molecule has 7 nitrogen and oxygen atoms in total. The van der Waals surface area contributed by atoms with E-state index in [2.05, 4.69) is 10.4 Å². The van der Waals surface area contributed by atoms with E-state index < -0.39 is 5.37 Å². The van der Waals surface area contributed by atoms with Gasteiger partial charge in [0.15, 0.2) is 5.17 Å². The van der Waals surface area contributed by atoms with Crippen LogP contribution in [0.5, 0.6) is 11.5 Å². The van der Waals surface area contributed by atoms with Gasteiger partial charge in [-0.2, -0.15) is 0 Å². The zero-order chi connectivity index (χ0) is 22.5. The standard InChI is InChI=1S/C22H24ClN3O4S/c1-13-6-5-7-14(2)20(13)30-11-10-29-19-9-8-17(23)12-18(19)21-26(16(4)28)25-22(31-21)24-15(3)27/h5-9,12,21H,10-11H2,1-4H3,(H,24,25,27)/t21-/m0/s1. The van der Waals surface area contributed by atoms with Crippen LogP contribution in [0.1, 0.15) is 35.9 Å². The van der Waals surface area contributed by atoms with Gasteiger partial charge in [-0.25, -0.2) is 5.01 Å². The monoisotopic (exact) mass is 461 g/mol. The molecule has 0 fully saturated rings. The number of benzene rings is 2.